The third-order valence-corrected chi connectivity index (χ3v) is 6.63. The fourth-order valence-corrected chi connectivity index (χ4v) is 4.82. The molecule has 5 nitrogen and oxygen atoms in total. The number of para-hydroxylation sites is 1. The van der Waals surface area contributed by atoms with Crippen molar-refractivity contribution in [1.29, 1.82) is 0 Å². The van der Waals surface area contributed by atoms with Gasteiger partial charge in [-0.2, -0.15) is 0 Å². The number of thiazole rings is 1. The maximum Gasteiger partial charge on any atom is 0.261 e. The van der Waals surface area contributed by atoms with Crippen molar-refractivity contribution in [3.63, 3.8) is 0 Å². The standard InChI is InChI=1S/C21H21BrFN3O2S/c22-16-6-2-1-5-15(16)20(27)26(10-4-9-25-11-13-28-14-12-25)21-24-19-17(23)7-3-8-18(19)29-21/h1-3,5-8H,4,9-14H2. The molecule has 0 saturated carbocycles. The van der Waals surface area contributed by atoms with Crippen molar-refractivity contribution < 1.29 is 13.9 Å². The molecule has 152 valence electrons. The van der Waals surface area contributed by atoms with E-state index in [1.807, 2.05) is 24.3 Å². The number of hydrogen-bond acceptors (Lipinski definition) is 5. The van der Waals surface area contributed by atoms with Crippen molar-refractivity contribution in [3.05, 3.63) is 58.3 Å². The Hall–Kier alpha value is -1.87. The van der Waals surface area contributed by atoms with Gasteiger partial charge in [-0.05, 0) is 46.6 Å². The first-order valence-electron chi connectivity index (χ1n) is 9.55. The van der Waals surface area contributed by atoms with Crippen LogP contribution in [0.4, 0.5) is 9.52 Å². The molecule has 1 fully saturated rings. The second-order valence-electron chi connectivity index (χ2n) is 6.83. The van der Waals surface area contributed by atoms with E-state index in [9.17, 15) is 9.18 Å². The Morgan fingerprint density at radius 3 is 2.76 bits per heavy atom. The largest absolute Gasteiger partial charge is 0.379 e. The number of halogens is 2. The second kappa shape index (κ2) is 9.30. The lowest BCUT2D eigenvalue weighted by molar-refractivity contribution is 0.0376. The maximum absolute atomic E-state index is 14.2. The molecule has 4 rings (SSSR count). The van der Waals surface area contributed by atoms with Crippen LogP contribution in [0.15, 0.2) is 46.9 Å². The zero-order chi connectivity index (χ0) is 20.2. The van der Waals surface area contributed by atoms with Gasteiger partial charge in [-0.25, -0.2) is 9.37 Å². The van der Waals surface area contributed by atoms with Crippen LogP contribution in [0.1, 0.15) is 16.8 Å². The molecule has 1 saturated heterocycles. The predicted molar refractivity (Wildman–Crippen MR) is 117 cm³/mol. The van der Waals surface area contributed by atoms with Crippen molar-refractivity contribution in [2.75, 3.05) is 44.3 Å². The molecule has 0 spiro atoms. The molecule has 0 unspecified atom stereocenters. The summed E-state index contributed by atoms with van der Waals surface area (Å²) in [6.07, 6.45) is 0.800. The van der Waals surface area contributed by atoms with Crippen molar-refractivity contribution in [1.82, 2.24) is 9.88 Å². The first kappa shape index (κ1) is 20.4. The minimum atomic E-state index is -0.369. The van der Waals surface area contributed by atoms with E-state index in [1.54, 1.807) is 17.0 Å². The highest BCUT2D eigenvalue weighted by atomic mass is 79.9. The monoisotopic (exact) mass is 477 g/mol. The summed E-state index contributed by atoms with van der Waals surface area (Å²) in [6, 6.07) is 12.2. The molecule has 8 heteroatoms. The molecular formula is C21H21BrFN3O2S. The van der Waals surface area contributed by atoms with E-state index < -0.39 is 0 Å². The fourth-order valence-electron chi connectivity index (χ4n) is 3.36. The van der Waals surface area contributed by atoms with Gasteiger partial charge in [0.05, 0.1) is 23.5 Å². The number of nitrogens with zero attached hydrogens (tertiary/aromatic N) is 3. The molecule has 1 aliphatic heterocycles. The van der Waals surface area contributed by atoms with E-state index in [0.717, 1.165) is 48.4 Å². The van der Waals surface area contributed by atoms with E-state index in [1.165, 1.54) is 17.4 Å². The summed E-state index contributed by atoms with van der Waals surface area (Å²) in [5.74, 6) is -0.509. The number of amides is 1. The van der Waals surface area contributed by atoms with E-state index >= 15 is 0 Å². The number of ether oxygens (including phenoxy) is 1. The number of carbonyl (C=O) groups excluding carboxylic acids is 1. The number of hydrogen-bond donors (Lipinski definition) is 0. The lowest BCUT2D eigenvalue weighted by Gasteiger charge is -2.27. The molecular weight excluding hydrogens is 457 g/mol. The van der Waals surface area contributed by atoms with Crippen molar-refractivity contribution in [2.24, 2.45) is 0 Å². The van der Waals surface area contributed by atoms with Crippen LogP contribution in [0.2, 0.25) is 0 Å². The van der Waals surface area contributed by atoms with Crippen LogP contribution in [-0.2, 0) is 4.74 Å². The number of benzene rings is 2. The Morgan fingerprint density at radius 1 is 1.21 bits per heavy atom. The predicted octanol–water partition coefficient (Wildman–Crippen LogP) is 4.57. The molecule has 0 bridgehead atoms. The van der Waals surface area contributed by atoms with Crippen molar-refractivity contribution >= 4 is 48.5 Å². The van der Waals surface area contributed by atoms with Crippen LogP contribution in [0.25, 0.3) is 10.2 Å². The first-order valence-corrected chi connectivity index (χ1v) is 11.2. The van der Waals surface area contributed by atoms with E-state index in [-0.39, 0.29) is 11.7 Å². The van der Waals surface area contributed by atoms with Gasteiger partial charge in [0, 0.05) is 30.7 Å². The second-order valence-corrected chi connectivity index (χ2v) is 8.69. The van der Waals surface area contributed by atoms with Gasteiger partial charge in [0.25, 0.3) is 5.91 Å². The maximum atomic E-state index is 14.2. The van der Waals surface area contributed by atoms with E-state index in [2.05, 4.69) is 25.8 Å². The molecule has 0 atom stereocenters. The van der Waals surface area contributed by atoms with Gasteiger partial charge in [0.1, 0.15) is 11.3 Å². The average Bonchev–Trinajstić information content (AvgIpc) is 3.17. The normalized spacial score (nSPS) is 15.0. The number of morpholine rings is 1. The zero-order valence-electron chi connectivity index (χ0n) is 15.8. The Labute approximate surface area is 181 Å². The Balaban J connectivity index is 1.59. The molecule has 1 amide bonds. The van der Waals surface area contributed by atoms with Gasteiger partial charge < -0.3 is 4.74 Å². The van der Waals surface area contributed by atoms with Gasteiger partial charge in [0.15, 0.2) is 5.13 Å². The van der Waals surface area contributed by atoms with Crippen LogP contribution in [-0.4, -0.2) is 55.2 Å². The summed E-state index contributed by atoms with van der Waals surface area (Å²) >= 11 is 4.81. The molecule has 1 aliphatic rings. The molecule has 29 heavy (non-hydrogen) atoms. The van der Waals surface area contributed by atoms with Crippen LogP contribution >= 0.6 is 27.3 Å². The third-order valence-electron chi connectivity index (χ3n) is 4.90. The summed E-state index contributed by atoms with van der Waals surface area (Å²) in [5.41, 5.74) is 0.879. The van der Waals surface area contributed by atoms with Gasteiger partial charge in [-0.15, -0.1) is 0 Å². The highest BCUT2D eigenvalue weighted by Crippen LogP contribution is 2.32. The lowest BCUT2D eigenvalue weighted by Crippen LogP contribution is -2.39. The number of aromatic nitrogens is 1. The minimum Gasteiger partial charge on any atom is -0.379 e. The molecule has 0 aliphatic carbocycles. The third kappa shape index (κ3) is 4.66. The van der Waals surface area contributed by atoms with Gasteiger partial charge in [0.2, 0.25) is 0 Å². The first-order chi connectivity index (χ1) is 14.1. The number of rotatable bonds is 6. The summed E-state index contributed by atoms with van der Waals surface area (Å²) in [6.45, 7) is 4.70. The highest BCUT2D eigenvalue weighted by Gasteiger charge is 2.23. The summed E-state index contributed by atoms with van der Waals surface area (Å²) in [5, 5.41) is 0.521. The summed E-state index contributed by atoms with van der Waals surface area (Å²) in [4.78, 5) is 21.8. The van der Waals surface area contributed by atoms with Crippen molar-refractivity contribution in [2.45, 2.75) is 6.42 Å². The van der Waals surface area contributed by atoms with Gasteiger partial charge >= 0.3 is 0 Å². The summed E-state index contributed by atoms with van der Waals surface area (Å²) in [7, 11) is 0. The van der Waals surface area contributed by atoms with Crippen LogP contribution in [0.3, 0.4) is 0 Å². The number of carbonyl (C=O) groups is 1. The van der Waals surface area contributed by atoms with Gasteiger partial charge in [-0.3, -0.25) is 14.6 Å². The average molecular weight is 478 g/mol. The topological polar surface area (TPSA) is 45.7 Å². The molecule has 2 heterocycles. The smallest absolute Gasteiger partial charge is 0.261 e. The van der Waals surface area contributed by atoms with Crippen molar-refractivity contribution in [3.8, 4) is 0 Å². The molecule has 0 N–H and O–H groups in total. The number of fused-ring (bicyclic) bond motifs is 1. The molecule has 1 aromatic heterocycles. The van der Waals surface area contributed by atoms with Crippen LogP contribution in [0.5, 0.6) is 0 Å². The molecule has 3 aromatic rings. The quantitative estimate of drug-likeness (QED) is 0.521. The Kier molecular flexibility index (Phi) is 6.54. The Morgan fingerprint density at radius 2 is 2.00 bits per heavy atom. The molecule has 2 aromatic carbocycles. The van der Waals surface area contributed by atoms with Crippen LogP contribution in [0, 0.1) is 5.82 Å². The highest BCUT2D eigenvalue weighted by molar-refractivity contribution is 9.10. The minimum absolute atomic E-state index is 0.140. The Bertz CT molecular complexity index is 1010. The van der Waals surface area contributed by atoms with E-state index in [4.69, 9.17) is 4.74 Å². The van der Waals surface area contributed by atoms with Crippen LogP contribution < -0.4 is 4.90 Å². The van der Waals surface area contributed by atoms with E-state index in [0.29, 0.717) is 22.8 Å². The number of anilines is 1. The molecule has 0 radical (unpaired) electrons. The summed E-state index contributed by atoms with van der Waals surface area (Å²) < 4.78 is 21.0. The SMILES string of the molecule is O=C(c1ccccc1Br)N(CCCN1CCOCC1)c1nc2c(F)cccc2s1. The fraction of sp³-hybridized carbons (Fsp3) is 0.333. The lowest BCUT2D eigenvalue weighted by atomic mass is 10.2. The zero-order valence-corrected chi connectivity index (χ0v) is 18.2. The van der Waals surface area contributed by atoms with Gasteiger partial charge in [-0.1, -0.05) is 29.5 Å².